The third kappa shape index (κ3) is 2.92. The second kappa shape index (κ2) is 5.10. The zero-order valence-electron chi connectivity index (χ0n) is 9.21. The highest BCUT2D eigenvalue weighted by Gasteiger charge is 2.16. The van der Waals surface area contributed by atoms with Gasteiger partial charge in [0.2, 0.25) is 5.95 Å². The highest BCUT2D eigenvalue weighted by molar-refractivity contribution is 9.10. The summed E-state index contributed by atoms with van der Waals surface area (Å²) in [6, 6.07) is 2.20. The van der Waals surface area contributed by atoms with Gasteiger partial charge in [-0.15, -0.1) is 0 Å². The van der Waals surface area contributed by atoms with E-state index in [2.05, 4.69) is 38.2 Å². The van der Waals surface area contributed by atoms with Gasteiger partial charge in [-0.2, -0.15) is 4.39 Å². The third-order valence-corrected chi connectivity index (χ3v) is 3.44. The zero-order valence-corrected chi connectivity index (χ0v) is 10.8. The number of hydrogen-bond donors (Lipinski definition) is 1. The van der Waals surface area contributed by atoms with E-state index in [0.717, 1.165) is 31.6 Å². The number of piperidine rings is 1. The van der Waals surface area contributed by atoms with Crippen LogP contribution in [0.2, 0.25) is 0 Å². The van der Waals surface area contributed by atoms with E-state index in [1.165, 1.54) is 0 Å². The predicted octanol–water partition coefficient (Wildman–Crippen LogP) is 2.49. The molecule has 1 aromatic heterocycles. The van der Waals surface area contributed by atoms with Gasteiger partial charge < -0.3 is 10.2 Å². The van der Waals surface area contributed by atoms with Crippen LogP contribution < -0.4 is 5.32 Å². The van der Waals surface area contributed by atoms with Crippen LogP contribution in [0, 0.1) is 5.95 Å². The predicted molar refractivity (Wildman–Crippen MR) is 66.0 cm³/mol. The fraction of sp³-hybridized carbons (Fsp3) is 0.545. The molecule has 0 amide bonds. The van der Waals surface area contributed by atoms with Crippen molar-refractivity contribution in [3.63, 3.8) is 0 Å². The Morgan fingerprint density at radius 2 is 2.19 bits per heavy atom. The zero-order chi connectivity index (χ0) is 11.5. The minimum Gasteiger partial charge on any atom is -0.381 e. The lowest BCUT2D eigenvalue weighted by atomic mass is 10.1. The summed E-state index contributed by atoms with van der Waals surface area (Å²) >= 11 is 3.13. The smallest absolute Gasteiger partial charge is 0.227 e. The van der Waals surface area contributed by atoms with E-state index in [1.807, 2.05) is 0 Å². The summed E-state index contributed by atoms with van der Waals surface area (Å²) in [5.74, 6) is -0.464. The minimum absolute atomic E-state index is 0.408. The number of hydrogen-bond acceptors (Lipinski definition) is 3. The maximum absolute atomic E-state index is 12.9. The molecule has 5 heteroatoms. The van der Waals surface area contributed by atoms with Gasteiger partial charge in [0.05, 0.1) is 16.4 Å². The molecule has 1 N–H and O–H groups in total. The Labute approximate surface area is 103 Å². The number of rotatable bonds is 2. The molecule has 1 fully saturated rings. The van der Waals surface area contributed by atoms with Gasteiger partial charge in [0.15, 0.2) is 0 Å². The number of pyridine rings is 1. The minimum atomic E-state index is -0.464. The average molecular weight is 288 g/mol. The van der Waals surface area contributed by atoms with Crippen LogP contribution in [0.3, 0.4) is 0 Å². The monoisotopic (exact) mass is 287 g/mol. The van der Waals surface area contributed by atoms with Crippen LogP contribution in [0.25, 0.3) is 0 Å². The van der Waals surface area contributed by atoms with Crippen LogP contribution in [0.5, 0.6) is 0 Å². The lowest BCUT2D eigenvalue weighted by molar-refractivity contribution is 0.264. The SMILES string of the molecule is CN1CCC(Nc2cnc(F)c(Br)c2)CC1. The first-order chi connectivity index (χ1) is 7.65. The molecule has 2 rings (SSSR count). The van der Waals surface area contributed by atoms with Gasteiger partial charge in [-0.1, -0.05) is 0 Å². The van der Waals surface area contributed by atoms with E-state index >= 15 is 0 Å². The van der Waals surface area contributed by atoms with Gasteiger partial charge in [-0.3, -0.25) is 0 Å². The molecule has 0 saturated carbocycles. The molecule has 1 aliphatic rings. The Bertz CT molecular complexity index is 364. The van der Waals surface area contributed by atoms with Crippen LogP contribution in [-0.2, 0) is 0 Å². The topological polar surface area (TPSA) is 28.2 Å². The number of aromatic nitrogens is 1. The third-order valence-electron chi connectivity index (χ3n) is 2.89. The summed E-state index contributed by atoms with van der Waals surface area (Å²) in [5, 5.41) is 3.38. The fourth-order valence-electron chi connectivity index (χ4n) is 1.89. The first-order valence-corrected chi connectivity index (χ1v) is 6.20. The summed E-state index contributed by atoms with van der Waals surface area (Å²) in [6.45, 7) is 2.21. The quantitative estimate of drug-likeness (QED) is 0.847. The maximum atomic E-state index is 12.9. The van der Waals surface area contributed by atoms with E-state index in [4.69, 9.17) is 0 Å². The molecule has 1 saturated heterocycles. The molecule has 2 heterocycles. The van der Waals surface area contributed by atoms with Crippen molar-refractivity contribution in [3.8, 4) is 0 Å². The van der Waals surface area contributed by atoms with Crippen molar-refractivity contribution in [2.45, 2.75) is 18.9 Å². The second-order valence-electron chi connectivity index (χ2n) is 4.22. The van der Waals surface area contributed by atoms with E-state index in [-0.39, 0.29) is 0 Å². The van der Waals surface area contributed by atoms with Crippen LogP contribution in [0.15, 0.2) is 16.7 Å². The molecule has 0 atom stereocenters. The van der Waals surface area contributed by atoms with Crippen molar-refractivity contribution < 1.29 is 4.39 Å². The second-order valence-corrected chi connectivity index (χ2v) is 5.07. The summed E-state index contributed by atoms with van der Waals surface area (Å²) in [5.41, 5.74) is 0.878. The molecular weight excluding hydrogens is 273 g/mol. The molecule has 0 radical (unpaired) electrons. The van der Waals surface area contributed by atoms with Crippen molar-refractivity contribution in [3.05, 3.63) is 22.7 Å². The highest BCUT2D eigenvalue weighted by Crippen LogP contribution is 2.20. The molecule has 0 aliphatic carbocycles. The molecule has 0 aromatic carbocycles. The average Bonchev–Trinajstić information content (AvgIpc) is 2.27. The molecule has 1 aliphatic heterocycles. The van der Waals surface area contributed by atoms with Gasteiger partial charge in [0.25, 0.3) is 0 Å². The Balaban J connectivity index is 1.96. The number of likely N-dealkylation sites (tertiary alicyclic amines) is 1. The molecule has 0 bridgehead atoms. The van der Waals surface area contributed by atoms with E-state index in [9.17, 15) is 4.39 Å². The van der Waals surface area contributed by atoms with Gasteiger partial charge in [0.1, 0.15) is 0 Å². The Hall–Kier alpha value is -0.680. The molecule has 16 heavy (non-hydrogen) atoms. The maximum Gasteiger partial charge on any atom is 0.227 e. The van der Waals surface area contributed by atoms with Crippen LogP contribution in [0.1, 0.15) is 12.8 Å². The van der Waals surface area contributed by atoms with Crippen molar-refractivity contribution in [1.82, 2.24) is 9.88 Å². The first-order valence-electron chi connectivity index (χ1n) is 5.41. The molecule has 0 spiro atoms. The standard InChI is InChI=1S/C11H15BrFN3/c1-16-4-2-8(3-5-16)15-9-6-10(12)11(13)14-7-9/h6-8,15H,2-5H2,1H3. The van der Waals surface area contributed by atoms with Gasteiger partial charge in [0, 0.05) is 6.04 Å². The Morgan fingerprint density at radius 1 is 1.50 bits per heavy atom. The van der Waals surface area contributed by atoms with Gasteiger partial charge in [-0.25, -0.2) is 4.98 Å². The van der Waals surface area contributed by atoms with Crippen molar-refractivity contribution in [2.75, 3.05) is 25.5 Å². The van der Waals surface area contributed by atoms with Crippen LogP contribution in [0.4, 0.5) is 10.1 Å². The summed E-state index contributed by atoms with van der Waals surface area (Å²) in [7, 11) is 2.13. The Kier molecular flexibility index (Phi) is 3.76. The number of nitrogens with zero attached hydrogens (tertiary/aromatic N) is 2. The Morgan fingerprint density at radius 3 is 2.81 bits per heavy atom. The molecule has 1 aromatic rings. The number of nitrogens with one attached hydrogen (secondary N) is 1. The van der Waals surface area contributed by atoms with E-state index in [1.54, 1.807) is 12.3 Å². The molecule has 3 nitrogen and oxygen atoms in total. The molecule has 0 unspecified atom stereocenters. The lowest BCUT2D eigenvalue weighted by Gasteiger charge is -2.30. The van der Waals surface area contributed by atoms with Crippen molar-refractivity contribution in [1.29, 1.82) is 0 Å². The highest BCUT2D eigenvalue weighted by atomic mass is 79.9. The summed E-state index contributed by atoms with van der Waals surface area (Å²) < 4.78 is 13.3. The van der Waals surface area contributed by atoms with E-state index < -0.39 is 5.95 Å². The molecular formula is C11H15BrFN3. The number of anilines is 1. The van der Waals surface area contributed by atoms with Crippen LogP contribution >= 0.6 is 15.9 Å². The first kappa shape index (κ1) is 11.8. The van der Waals surface area contributed by atoms with Gasteiger partial charge in [-0.05, 0) is 55.0 Å². The largest absolute Gasteiger partial charge is 0.381 e. The van der Waals surface area contributed by atoms with Crippen molar-refractivity contribution >= 4 is 21.6 Å². The fourth-order valence-corrected chi connectivity index (χ4v) is 2.24. The van der Waals surface area contributed by atoms with E-state index in [0.29, 0.717) is 10.5 Å². The van der Waals surface area contributed by atoms with Crippen molar-refractivity contribution in [2.24, 2.45) is 0 Å². The number of halogens is 2. The summed E-state index contributed by atoms with van der Waals surface area (Å²) in [4.78, 5) is 5.99. The summed E-state index contributed by atoms with van der Waals surface area (Å²) in [6.07, 6.45) is 3.77. The normalized spacial score (nSPS) is 18.7. The lowest BCUT2D eigenvalue weighted by Crippen LogP contribution is -2.36. The van der Waals surface area contributed by atoms with Gasteiger partial charge >= 0.3 is 0 Å². The van der Waals surface area contributed by atoms with Crippen LogP contribution in [-0.4, -0.2) is 36.1 Å². The molecule has 88 valence electrons.